The summed E-state index contributed by atoms with van der Waals surface area (Å²) in [5.41, 5.74) is -0.0756. The third-order valence-corrected chi connectivity index (χ3v) is 4.17. The van der Waals surface area contributed by atoms with Gasteiger partial charge in [0, 0.05) is 6.54 Å². The molecule has 1 fully saturated rings. The second-order valence-electron chi connectivity index (χ2n) is 5.58. The fraction of sp³-hybridized carbons (Fsp3) is 0.562. The lowest BCUT2D eigenvalue weighted by atomic mass is 9.81. The fourth-order valence-corrected chi connectivity index (χ4v) is 2.90. The Bertz CT molecular complexity index is 469. The molecule has 0 bridgehead atoms. The molecule has 1 unspecified atom stereocenters. The Balaban J connectivity index is 2.01. The summed E-state index contributed by atoms with van der Waals surface area (Å²) in [7, 11) is 1.39. The highest BCUT2D eigenvalue weighted by atomic mass is 19.1. The number of carbonyl (C=O) groups is 1. The molecule has 1 aromatic rings. The van der Waals surface area contributed by atoms with Crippen LogP contribution in [0.4, 0.5) is 4.39 Å². The number of aliphatic hydroxyl groups excluding tert-OH is 1. The van der Waals surface area contributed by atoms with Crippen molar-refractivity contribution >= 4 is 5.97 Å². The van der Waals surface area contributed by atoms with Crippen LogP contribution in [0.5, 0.6) is 0 Å². The van der Waals surface area contributed by atoms with Crippen LogP contribution in [0, 0.1) is 5.82 Å². The van der Waals surface area contributed by atoms with E-state index in [4.69, 9.17) is 4.74 Å². The van der Waals surface area contributed by atoms with Crippen molar-refractivity contribution in [3.63, 3.8) is 0 Å². The van der Waals surface area contributed by atoms with Gasteiger partial charge in [-0.15, -0.1) is 0 Å². The first-order chi connectivity index (χ1) is 10.1. The number of benzene rings is 1. The lowest BCUT2D eigenvalue weighted by molar-refractivity contribution is -0.150. The van der Waals surface area contributed by atoms with Gasteiger partial charge in [-0.25, -0.2) is 4.39 Å². The topological polar surface area (TPSA) is 58.6 Å². The second-order valence-corrected chi connectivity index (χ2v) is 5.58. The zero-order valence-electron chi connectivity index (χ0n) is 12.3. The molecule has 1 aliphatic carbocycles. The van der Waals surface area contributed by atoms with Gasteiger partial charge in [-0.2, -0.15) is 0 Å². The molecule has 4 nitrogen and oxygen atoms in total. The molecule has 116 valence electrons. The highest BCUT2D eigenvalue weighted by molar-refractivity contribution is 5.80. The van der Waals surface area contributed by atoms with E-state index in [1.807, 2.05) is 0 Å². The number of esters is 1. The monoisotopic (exact) mass is 295 g/mol. The summed E-state index contributed by atoms with van der Waals surface area (Å²) in [5, 5.41) is 13.4. The highest BCUT2D eigenvalue weighted by Gasteiger charge is 2.40. The molecule has 5 heteroatoms. The summed E-state index contributed by atoms with van der Waals surface area (Å²) in [6.07, 6.45) is 3.70. The smallest absolute Gasteiger partial charge is 0.326 e. The largest absolute Gasteiger partial charge is 0.468 e. The van der Waals surface area contributed by atoms with E-state index in [-0.39, 0.29) is 18.3 Å². The molecule has 21 heavy (non-hydrogen) atoms. The zero-order valence-corrected chi connectivity index (χ0v) is 12.3. The maximum absolute atomic E-state index is 12.9. The van der Waals surface area contributed by atoms with Crippen LogP contribution in [-0.2, 0) is 9.53 Å². The van der Waals surface area contributed by atoms with E-state index in [9.17, 15) is 14.3 Å². The standard InChI is InChI=1S/C16H22FNO3/c1-21-15(20)16(9-3-2-4-10-16)18-11-14(19)12-5-7-13(17)8-6-12/h5-8,14,18-19H,2-4,9-11H2,1H3. The average molecular weight is 295 g/mol. The molecule has 1 aromatic carbocycles. The second kappa shape index (κ2) is 7.00. The molecule has 0 aromatic heterocycles. The van der Waals surface area contributed by atoms with Crippen LogP contribution in [0.2, 0.25) is 0 Å². The van der Waals surface area contributed by atoms with E-state index in [1.165, 1.54) is 19.2 Å². The number of aliphatic hydroxyl groups is 1. The van der Waals surface area contributed by atoms with Crippen LogP contribution < -0.4 is 5.32 Å². The molecule has 0 radical (unpaired) electrons. The van der Waals surface area contributed by atoms with Gasteiger partial charge in [0.1, 0.15) is 11.4 Å². The summed E-state index contributed by atoms with van der Waals surface area (Å²) in [5.74, 6) is -0.606. The minimum atomic E-state index is -0.783. The molecule has 1 saturated carbocycles. The zero-order chi connectivity index (χ0) is 15.3. The molecule has 1 aliphatic rings. The van der Waals surface area contributed by atoms with Crippen LogP contribution in [0.25, 0.3) is 0 Å². The molecule has 1 atom stereocenters. The number of methoxy groups -OCH3 is 1. The van der Waals surface area contributed by atoms with Gasteiger partial charge in [-0.05, 0) is 30.5 Å². The average Bonchev–Trinajstić information content (AvgIpc) is 2.53. The minimum Gasteiger partial charge on any atom is -0.468 e. The number of hydrogen-bond donors (Lipinski definition) is 2. The lowest BCUT2D eigenvalue weighted by Crippen LogP contribution is -2.54. The fourth-order valence-electron chi connectivity index (χ4n) is 2.90. The predicted octanol–water partition coefficient (Wildman–Crippen LogP) is 2.32. The normalized spacial score (nSPS) is 19.0. The Morgan fingerprint density at radius 3 is 2.52 bits per heavy atom. The molecular weight excluding hydrogens is 273 g/mol. The van der Waals surface area contributed by atoms with Gasteiger partial charge >= 0.3 is 5.97 Å². The van der Waals surface area contributed by atoms with Crippen molar-refractivity contribution in [3.8, 4) is 0 Å². The van der Waals surface area contributed by atoms with Gasteiger partial charge in [-0.1, -0.05) is 31.4 Å². The Labute approximate surface area is 124 Å². The van der Waals surface area contributed by atoms with Crippen LogP contribution in [0.3, 0.4) is 0 Å². The number of carbonyl (C=O) groups excluding carboxylic acids is 1. The molecule has 0 amide bonds. The molecule has 0 spiro atoms. The first kappa shape index (κ1) is 15.9. The molecule has 0 aliphatic heterocycles. The van der Waals surface area contributed by atoms with Crippen molar-refractivity contribution < 1.29 is 19.0 Å². The van der Waals surface area contributed by atoms with E-state index in [2.05, 4.69) is 5.32 Å². The van der Waals surface area contributed by atoms with Gasteiger partial charge in [-0.3, -0.25) is 10.1 Å². The molecule has 2 N–H and O–H groups in total. The Morgan fingerprint density at radius 2 is 1.95 bits per heavy atom. The van der Waals surface area contributed by atoms with E-state index in [0.717, 1.165) is 32.1 Å². The van der Waals surface area contributed by atoms with Gasteiger partial charge in [0.05, 0.1) is 13.2 Å². The molecule has 0 saturated heterocycles. The van der Waals surface area contributed by atoms with Crippen LogP contribution >= 0.6 is 0 Å². The van der Waals surface area contributed by atoms with Crippen molar-refractivity contribution in [2.75, 3.05) is 13.7 Å². The van der Waals surface area contributed by atoms with Crippen molar-refractivity contribution in [1.29, 1.82) is 0 Å². The SMILES string of the molecule is COC(=O)C1(NCC(O)c2ccc(F)cc2)CCCCC1. The Hall–Kier alpha value is -1.46. The van der Waals surface area contributed by atoms with Crippen molar-refractivity contribution in [2.45, 2.75) is 43.7 Å². The van der Waals surface area contributed by atoms with Crippen LogP contribution in [0.15, 0.2) is 24.3 Å². The van der Waals surface area contributed by atoms with Gasteiger partial charge in [0.15, 0.2) is 0 Å². The number of nitrogens with one attached hydrogen (secondary N) is 1. The van der Waals surface area contributed by atoms with Crippen LogP contribution in [-0.4, -0.2) is 30.3 Å². The third kappa shape index (κ3) is 3.80. The lowest BCUT2D eigenvalue weighted by Gasteiger charge is -2.36. The number of ether oxygens (including phenoxy) is 1. The molecular formula is C16H22FNO3. The highest BCUT2D eigenvalue weighted by Crippen LogP contribution is 2.30. The van der Waals surface area contributed by atoms with Crippen molar-refractivity contribution in [3.05, 3.63) is 35.6 Å². The summed E-state index contributed by atoms with van der Waals surface area (Å²) in [4.78, 5) is 12.1. The summed E-state index contributed by atoms with van der Waals surface area (Å²) < 4.78 is 17.8. The van der Waals surface area contributed by atoms with Crippen LogP contribution in [0.1, 0.15) is 43.8 Å². The van der Waals surface area contributed by atoms with E-state index >= 15 is 0 Å². The number of halogens is 1. The van der Waals surface area contributed by atoms with Gasteiger partial charge in [0.2, 0.25) is 0 Å². The maximum Gasteiger partial charge on any atom is 0.326 e. The minimum absolute atomic E-state index is 0.237. The van der Waals surface area contributed by atoms with Crippen molar-refractivity contribution in [1.82, 2.24) is 5.32 Å². The molecule has 2 rings (SSSR count). The maximum atomic E-state index is 12.9. The van der Waals surface area contributed by atoms with E-state index in [0.29, 0.717) is 5.56 Å². The van der Waals surface area contributed by atoms with Gasteiger partial charge in [0.25, 0.3) is 0 Å². The van der Waals surface area contributed by atoms with Gasteiger partial charge < -0.3 is 9.84 Å². The summed E-state index contributed by atoms with van der Waals surface area (Å²) in [6, 6.07) is 5.73. The van der Waals surface area contributed by atoms with E-state index < -0.39 is 11.6 Å². The summed E-state index contributed by atoms with van der Waals surface area (Å²) >= 11 is 0. The first-order valence-electron chi connectivity index (χ1n) is 7.34. The van der Waals surface area contributed by atoms with Crippen molar-refractivity contribution in [2.24, 2.45) is 0 Å². The van der Waals surface area contributed by atoms with E-state index in [1.54, 1.807) is 12.1 Å². The number of β-amino-alcohol motifs (C(OH)–C–C–N with tert-alkyl or cyclic N) is 1. The predicted molar refractivity (Wildman–Crippen MR) is 77.2 cm³/mol. The Kier molecular flexibility index (Phi) is 5.31. The quantitative estimate of drug-likeness (QED) is 0.819. The molecule has 0 heterocycles. The Morgan fingerprint density at radius 1 is 1.33 bits per heavy atom. The number of rotatable bonds is 5. The third-order valence-electron chi connectivity index (χ3n) is 4.17. The number of hydrogen-bond acceptors (Lipinski definition) is 4. The summed E-state index contributed by atoms with van der Waals surface area (Å²) in [6.45, 7) is 0.237. The first-order valence-corrected chi connectivity index (χ1v) is 7.34.